The van der Waals surface area contributed by atoms with Crippen molar-refractivity contribution in [2.75, 3.05) is 11.4 Å². The highest BCUT2D eigenvalue weighted by Crippen LogP contribution is 2.29. The molecule has 0 saturated heterocycles. The van der Waals surface area contributed by atoms with Crippen LogP contribution in [-0.4, -0.2) is 21.7 Å². The van der Waals surface area contributed by atoms with Crippen molar-refractivity contribution in [3.8, 4) is 0 Å². The van der Waals surface area contributed by atoms with Crippen LogP contribution in [0.25, 0.3) is 10.9 Å². The van der Waals surface area contributed by atoms with Crippen molar-refractivity contribution in [1.29, 1.82) is 0 Å². The molecule has 0 spiro atoms. The number of fused-ring (bicyclic) bond motifs is 3. The highest BCUT2D eigenvalue weighted by atomic mass is 16.5. The summed E-state index contributed by atoms with van der Waals surface area (Å²) in [4.78, 5) is 10.2. The first kappa shape index (κ1) is 12.4. The molecule has 5 heteroatoms. The molecular formula is C16H18N4O. The van der Waals surface area contributed by atoms with Gasteiger partial charge in [0.1, 0.15) is 0 Å². The minimum Gasteiger partial charge on any atom is -0.358 e. The number of benzene rings is 1. The summed E-state index contributed by atoms with van der Waals surface area (Å²) in [7, 11) is 0. The second-order valence-corrected chi connectivity index (χ2v) is 5.89. The summed E-state index contributed by atoms with van der Waals surface area (Å²) in [5, 5.41) is 5.35. The fraction of sp³-hybridized carbons (Fsp3) is 0.375. The van der Waals surface area contributed by atoms with Crippen LogP contribution in [0.5, 0.6) is 0 Å². The maximum absolute atomic E-state index is 5.42. The number of hydrogen-bond donors (Lipinski definition) is 1. The molecule has 5 nitrogen and oxygen atoms in total. The second-order valence-electron chi connectivity index (χ2n) is 5.89. The number of rotatable bonds is 2. The first-order valence-corrected chi connectivity index (χ1v) is 7.39. The van der Waals surface area contributed by atoms with Gasteiger partial charge >= 0.3 is 6.01 Å². The summed E-state index contributed by atoms with van der Waals surface area (Å²) in [6, 6.07) is 9.08. The average Bonchev–Trinajstić information content (AvgIpc) is 3.11. The lowest BCUT2D eigenvalue weighted by atomic mass is 10.1. The summed E-state index contributed by atoms with van der Waals surface area (Å²) in [6.07, 6.45) is 0.976. The first-order valence-electron chi connectivity index (χ1n) is 7.39. The van der Waals surface area contributed by atoms with Crippen LogP contribution in [-0.2, 0) is 13.0 Å². The van der Waals surface area contributed by atoms with Crippen LogP contribution in [0.2, 0.25) is 0 Å². The van der Waals surface area contributed by atoms with Gasteiger partial charge in [-0.15, -0.1) is 0 Å². The van der Waals surface area contributed by atoms with Crippen molar-refractivity contribution in [3.63, 3.8) is 0 Å². The van der Waals surface area contributed by atoms with Gasteiger partial charge in [0, 0.05) is 47.6 Å². The van der Waals surface area contributed by atoms with E-state index in [2.05, 4.69) is 58.1 Å². The number of anilines is 1. The molecule has 0 atom stereocenters. The normalized spacial score (nSPS) is 14.9. The van der Waals surface area contributed by atoms with E-state index in [-0.39, 0.29) is 5.92 Å². The summed E-state index contributed by atoms with van der Waals surface area (Å²) in [6.45, 7) is 5.86. The topological polar surface area (TPSA) is 58.0 Å². The summed E-state index contributed by atoms with van der Waals surface area (Å²) < 4.78 is 5.42. The van der Waals surface area contributed by atoms with E-state index in [1.54, 1.807) is 0 Å². The SMILES string of the molecule is CC(C)c1noc(N2CCc3[nH]c4ccccc4c3C2)n1. The molecule has 2 aromatic heterocycles. The van der Waals surface area contributed by atoms with Gasteiger partial charge in [-0.25, -0.2) is 0 Å². The molecule has 21 heavy (non-hydrogen) atoms. The van der Waals surface area contributed by atoms with E-state index in [1.165, 1.54) is 22.2 Å². The lowest BCUT2D eigenvalue weighted by molar-refractivity contribution is 0.401. The molecule has 0 saturated carbocycles. The van der Waals surface area contributed by atoms with E-state index in [4.69, 9.17) is 4.52 Å². The predicted molar refractivity (Wildman–Crippen MR) is 81.4 cm³/mol. The molecule has 3 aromatic rings. The van der Waals surface area contributed by atoms with Crippen LogP contribution in [0.4, 0.5) is 6.01 Å². The summed E-state index contributed by atoms with van der Waals surface area (Å²) >= 11 is 0. The molecule has 0 bridgehead atoms. The van der Waals surface area contributed by atoms with E-state index in [9.17, 15) is 0 Å². The largest absolute Gasteiger partial charge is 0.358 e. The Labute approximate surface area is 123 Å². The molecule has 1 aromatic carbocycles. The van der Waals surface area contributed by atoms with Crippen molar-refractivity contribution in [1.82, 2.24) is 15.1 Å². The number of para-hydroxylation sites is 1. The van der Waals surface area contributed by atoms with E-state index in [0.29, 0.717) is 6.01 Å². The van der Waals surface area contributed by atoms with Crippen LogP contribution in [0, 0.1) is 0 Å². The van der Waals surface area contributed by atoms with Crippen molar-refractivity contribution in [2.45, 2.75) is 32.7 Å². The van der Waals surface area contributed by atoms with E-state index in [1.807, 2.05) is 0 Å². The Kier molecular flexibility index (Phi) is 2.74. The predicted octanol–water partition coefficient (Wildman–Crippen LogP) is 3.24. The number of H-pyrrole nitrogens is 1. The monoisotopic (exact) mass is 282 g/mol. The smallest absolute Gasteiger partial charge is 0.324 e. The summed E-state index contributed by atoms with van der Waals surface area (Å²) in [5.41, 5.74) is 3.88. The quantitative estimate of drug-likeness (QED) is 0.784. The number of nitrogens with one attached hydrogen (secondary N) is 1. The fourth-order valence-corrected chi connectivity index (χ4v) is 2.92. The van der Waals surface area contributed by atoms with Gasteiger partial charge in [0.2, 0.25) is 0 Å². The van der Waals surface area contributed by atoms with Crippen molar-refractivity contribution < 1.29 is 4.52 Å². The molecule has 4 rings (SSSR count). The second kappa shape index (κ2) is 4.62. The van der Waals surface area contributed by atoms with Gasteiger partial charge in [-0.1, -0.05) is 37.2 Å². The Morgan fingerprint density at radius 2 is 2.14 bits per heavy atom. The van der Waals surface area contributed by atoms with E-state index >= 15 is 0 Å². The third-order valence-electron chi connectivity index (χ3n) is 4.10. The number of aromatic nitrogens is 3. The Morgan fingerprint density at radius 3 is 2.95 bits per heavy atom. The van der Waals surface area contributed by atoms with Gasteiger partial charge in [-0.3, -0.25) is 0 Å². The van der Waals surface area contributed by atoms with Gasteiger partial charge in [0.05, 0.1) is 0 Å². The molecule has 108 valence electrons. The highest BCUT2D eigenvalue weighted by Gasteiger charge is 2.24. The van der Waals surface area contributed by atoms with E-state index in [0.717, 1.165) is 25.3 Å². The maximum Gasteiger partial charge on any atom is 0.324 e. The number of hydrogen-bond acceptors (Lipinski definition) is 4. The summed E-state index contributed by atoms with van der Waals surface area (Å²) in [5.74, 6) is 1.06. The average molecular weight is 282 g/mol. The van der Waals surface area contributed by atoms with Crippen LogP contribution in [0.3, 0.4) is 0 Å². The lowest BCUT2D eigenvalue weighted by Gasteiger charge is -2.24. The standard InChI is InChI=1S/C16H18N4O/c1-10(2)15-18-16(21-19-15)20-8-7-14-12(9-20)11-5-3-4-6-13(11)17-14/h3-6,10,17H,7-9H2,1-2H3. The van der Waals surface area contributed by atoms with Gasteiger partial charge in [-0.05, 0) is 6.07 Å². The van der Waals surface area contributed by atoms with Gasteiger partial charge in [-0.2, -0.15) is 4.98 Å². The molecule has 0 amide bonds. The van der Waals surface area contributed by atoms with Gasteiger partial charge in [0.15, 0.2) is 5.82 Å². The molecule has 0 fully saturated rings. The zero-order valence-corrected chi connectivity index (χ0v) is 12.3. The first-order chi connectivity index (χ1) is 10.2. The zero-order chi connectivity index (χ0) is 14.4. The molecule has 1 aliphatic heterocycles. The number of aromatic amines is 1. The van der Waals surface area contributed by atoms with Crippen molar-refractivity contribution in [2.24, 2.45) is 0 Å². The van der Waals surface area contributed by atoms with Crippen LogP contribution in [0.15, 0.2) is 28.8 Å². The molecule has 3 heterocycles. The molecule has 0 unspecified atom stereocenters. The molecule has 0 radical (unpaired) electrons. The van der Waals surface area contributed by atoms with Crippen LogP contribution in [0.1, 0.15) is 36.8 Å². The Bertz CT molecular complexity index is 787. The van der Waals surface area contributed by atoms with Gasteiger partial charge < -0.3 is 14.4 Å². The molecule has 1 N–H and O–H groups in total. The highest BCUT2D eigenvalue weighted by molar-refractivity contribution is 5.85. The van der Waals surface area contributed by atoms with Crippen LogP contribution >= 0.6 is 0 Å². The van der Waals surface area contributed by atoms with Crippen molar-refractivity contribution >= 4 is 16.9 Å². The lowest BCUT2D eigenvalue weighted by Crippen LogP contribution is -2.30. The van der Waals surface area contributed by atoms with Gasteiger partial charge in [0.25, 0.3) is 0 Å². The minimum absolute atomic E-state index is 0.288. The van der Waals surface area contributed by atoms with E-state index < -0.39 is 0 Å². The fourth-order valence-electron chi connectivity index (χ4n) is 2.92. The number of nitrogens with zero attached hydrogens (tertiary/aromatic N) is 3. The third kappa shape index (κ3) is 2.00. The molecular weight excluding hydrogens is 264 g/mol. The Balaban J connectivity index is 1.69. The zero-order valence-electron chi connectivity index (χ0n) is 12.3. The Morgan fingerprint density at radius 1 is 1.29 bits per heavy atom. The molecule has 0 aliphatic carbocycles. The Hall–Kier alpha value is -2.30. The van der Waals surface area contributed by atoms with Crippen LogP contribution < -0.4 is 4.90 Å². The minimum atomic E-state index is 0.288. The third-order valence-corrected chi connectivity index (χ3v) is 4.10. The maximum atomic E-state index is 5.42. The molecule has 1 aliphatic rings. The van der Waals surface area contributed by atoms with Crippen molar-refractivity contribution in [3.05, 3.63) is 41.3 Å².